The third-order valence-corrected chi connectivity index (χ3v) is 5.30. The average molecular weight is 197 g/mol. The van der Waals surface area contributed by atoms with Gasteiger partial charge in [-0.1, -0.05) is 6.42 Å². The fourth-order valence-corrected chi connectivity index (χ4v) is 4.46. The molecule has 3 fully saturated rings. The molecule has 2 aliphatic carbocycles. The second kappa shape index (κ2) is 3.47. The maximum absolute atomic E-state index is 3.79. The molecule has 0 spiro atoms. The quantitative estimate of drug-likeness (QED) is 0.744. The van der Waals surface area contributed by atoms with E-state index in [0.29, 0.717) is 0 Å². The maximum atomic E-state index is 3.79. The van der Waals surface area contributed by atoms with Crippen LogP contribution in [0.5, 0.6) is 0 Å². The minimum Gasteiger partial charge on any atom is -0.313 e. The molecular weight excluding hydrogens is 178 g/mol. The van der Waals surface area contributed by atoms with Crippen LogP contribution in [0.4, 0.5) is 0 Å². The molecule has 0 aromatic carbocycles. The molecule has 1 nitrogen and oxygen atoms in total. The van der Waals surface area contributed by atoms with Gasteiger partial charge in [0, 0.05) is 6.04 Å². The fourth-order valence-electron chi connectivity index (χ4n) is 3.17. The normalized spacial score (nSPS) is 48.0. The molecular formula is C11H19NS. The molecule has 1 N–H and O–H groups in total. The predicted octanol–water partition coefficient (Wildman–Crippen LogP) is 2.13. The maximum Gasteiger partial charge on any atom is 0.0130 e. The Kier molecular flexibility index (Phi) is 2.30. The lowest BCUT2D eigenvalue weighted by molar-refractivity contribution is 0.482. The lowest BCUT2D eigenvalue weighted by Crippen LogP contribution is -2.27. The van der Waals surface area contributed by atoms with Crippen LogP contribution >= 0.6 is 11.8 Å². The molecule has 3 aliphatic rings. The molecule has 0 bridgehead atoms. The topological polar surface area (TPSA) is 12.0 Å². The monoisotopic (exact) mass is 197 g/mol. The highest BCUT2D eigenvalue weighted by Crippen LogP contribution is 2.51. The molecule has 13 heavy (non-hydrogen) atoms. The molecule has 1 aliphatic heterocycles. The van der Waals surface area contributed by atoms with Gasteiger partial charge in [0.2, 0.25) is 0 Å². The van der Waals surface area contributed by atoms with Gasteiger partial charge in [-0.15, -0.1) is 0 Å². The van der Waals surface area contributed by atoms with Crippen molar-refractivity contribution < 1.29 is 0 Å². The van der Waals surface area contributed by atoms with E-state index < -0.39 is 0 Å². The fraction of sp³-hybridized carbons (Fsp3) is 1.00. The number of nitrogens with one attached hydrogen (secondary N) is 1. The van der Waals surface area contributed by atoms with Crippen LogP contribution in [0.15, 0.2) is 0 Å². The van der Waals surface area contributed by atoms with E-state index in [2.05, 4.69) is 17.1 Å². The second-order valence-electron chi connectivity index (χ2n) is 4.92. The van der Waals surface area contributed by atoms with Gasteiger partial charge >= 0.3 is 0 Å². The Balaban J connectivity index is 1.40. The molecule has 3 rings (SSSR count). The van der Waals surface area contributed by atoms with Crippen molar-refractivity contribution in [1.29, 1.82) is 0 Å². The van der Waals surface area contributed by atoms with Gasteiger partial charge in [0.15, 0.2) is 0 Å². The third kappa shape index (κ3) is 1.63. The summed E-state index contributed by atoms with van der Waals surface area (Å²) < 4.78 is 0. The minimum atomic E-state index is 0.944. The van der Waals surface area contributed by atoms with Gasteiger partial charge in [0.1, 0.15) is 0 Å². The van der Waals surface area contributed by atoms with Crippen LogP contribution in [0, 0.1) is 17.8 Å². The first kappa shape index (κ1) is 8.60. The van der Waals surface area contributed by atoms with Gasteiger partial charge < -0.3 is 5.32 Å². The van der Waals surface area contributed by atoms with Crippen molar-refractivity contribution in [3.8, 4) is 0 Å². The smallest absolute Gasteiger partial charge is 0.0130 e. The van der Waals surface area contributed by atoms with Gasteiger partial charge in [-0.05, 0) is 55.1 Å². The van der Waals surface area contributed by atoms with Crippen molar-refractivity contribution in [3.05, 3.63) is 0 Å². The summed E-state index contributed by atoms with van der Waals surface area (Å²) in [4.78, 5) is 0. The molecule has 0 aromatic rings. The molecule has 3 atom stereocenters. The number of thioether (sulfide) groups is 1. The van der Waals surface area contributed by atoms with Crippen LogP contribution in [0.3, 0.4) is 0 Å². The number of hydrogen-bond acceptors (Lipinski definition) is 2. The third-order valence-electron chi connectivity index (χ3n) is 4.07. The molecule has 2 saturated carbocycles. The molecule has 0 aromatic heterocycles. The molecule has 3 unspecified atom stereocenters. The zero-order valence-electron chi connectivity index (χ0n) is 8.17. The zero-order valence-corrected chi connectivity index (χ0v) is 8.98. The van der Waals surface area contributed by atoms with E-state index in [0.717, 1.165) is 23.8 Å². The first-order chi connectivity index (χ1) is 6.45. The van der Waals surface area contributed by atoms with Crippen LogP contribution in [0.25, 0.3) is 0 Å². The highest BCUT2D eigenvalue weighted by Gasteiger charge is 2.52. The van der Waals surface area contributed by atoms with E-state index in [1.54, 1.807) is 0 Å². The van der Waals surface area contributed by atoms with Crippen LogP contribution in [-0.2, 0) is 0 Å². The molecule has 0 amide bonds. The average Bonchev–Trinajstić information content (AvgIpc) is 2.68. The summed E-state index contributed by atoms with van der Waals surface area (Å²) in [5.74, 6) is 5.99. The van der Waals surface area contributed by atoms with Crippen molar-refractivity contribution in [2.45, 2.75) is 31.7 Å². The number of hydrogen-bond donors (Lipinski definition) is 1. The Bertz CT molecular complexity index is 179. The van der Waals surface area contributed by atoms with E-state index in [1.807, 2.05) is 0 Å². The van der Waals surface area contributed by atoms with E-state index >= 15 is 0 Å². The summed E-state index contributed by atoms with van der Waals surface area (Å²) in [5.41, 5.74) is 0. The minimum absolute atomic E-state index is 0.944. The summed E-state index contributed by atoms with van der Waals surface area (Å²) in [6.45, 7) is 1.31. The summed E-state index contributed by atoms with van der Waals surface area (Å²) in [6.07, 6.45) is 6.00. The molecule has 74 valence electrons. The molecule has 0 radical (unpaired) electrons. The second-order valence-corrected chi connectivity index (χ2v) is 6.07. The van der Waals surface area contributed by atoms with Gasteiger partial charge in [-0.2, -0.15) is 11.8 Å². The Labute approximate surface area is 85.0 Å². The van der Waals surface area contributed by atoms with Gasteiger partial charge in [0.25, 0.3) is 0 Å². The molecule has 2 heteroatoms. The van der Waals surface area contributed by atoms with Crippen molar-refractivity contribution in [1.82, 2.24) is 5.32 Å². The SMILES string of the molecule is C1CC2C(C1)C2NCC1CCSC1. The lowest BCUT2D eigenvalue weighted by atomic mass is 10.1. The van der Waals surface area contributed by atoms with Crippen molar-refractivity contribution in [2.75, 3.05) is 18.1 Å². The highest BCUT2D eigenvalue weighted by molar-refractivity contribution is 7.99. The van der Waals surface area contributed by atoms with E-state index in [4.69, 9.17) is 0 Å². The van der Waals surface area contributed by atoms with E-state index in [9.17, 15) is 0 Å². The first-order valence-electron chi connectivity index (χ1n) is 5.76. The Morgan fingerprint density at radius 3 is 2.69 bits per heavy atom. The summed E-state index contributed by atoms with van der Waals surface area (Å²) in [6, 6.07) is 0.944. The summed E-state index contributed by atoms with van der Waals surface area (Å²) in [5, 5.41) is 3.79. The lowest BCUT2D eigenvalue weighted by Gasteiger charge is -2.10. The van der Waals surface area contributed by atoms with Gasteiger partial charge in [0.05, 0.1) is 0 Å². The first-order valence-corrected chi connectivity index (χ1v) is 6.92. The van der Waals surface area contributed by atoms with Crippen molar-refractivity contribution >= 4 is 11.8 Å². The summed E-state index contributed by atoms with van der Waals surface area (Å²) >= 11 is 2.14. The Morgan fingerprint density at radius 1 is 1.15 bits per heavy atom. The molecule has 1 saturated heterocycles. The van der Waals surface area contributed by atoms with Crippen LogP contribution in [0.2, 0.25) is 0 Å². The van der Waals surface area contributed by atoms with Crippen LogP contribution in [0.1, 0.15) is 25.7 Å². The summed E-state index contributed by atoms with van der Waals surface area (Å²) in [7, 11) is 0. The largest absolute Gasteiger partial charge is 0.313 e. The van der Waals surface area contributed by atoms with Crippen LogP contribution < -0.4 is 5.32 Å². The highest BCUT2D eigenvalue weighted by atomic mass is 32.2. The van der Waals surface area contributed by atoms with Gasteiger partial charge in [-0.25, -0.2) is 0 Å². The predicted molar refractivity (Wildman–Crippen MR) is 58.1 cm³/mol. The Morgan fingerprint density at radius 2 is 2.00 bits per heavy atom. The number of fused-ring (bicyclic) bond motifs is 1. The van der Waals surface area contributed by atoms with Gasteiger partial charge in [-0.3, -0.25) is 0 Å². The standard InChI is InChI=1S/C11H19NS/c1-2-9-10(3-1)11(9)12-6-8-4-5-13-7-8/h8-12H,1-7H2. The van der Waals surface area contributed by atoms with Crippen LogP contribution in [-0.4, -0.2) is 24.1 Å². The van der Waals surface area contributed by atoms with E-state index in [-0.39, 0.29) is 0 Å². The van der Waals surface area contributed by atoms with Crippen molar-refractivity contribution in [2.24, 2.45) is 17.8 Å². The zero-order chi connectivity index (χ0) is 8.67. The number of rotatable bonds is 3. The Hall–Kier alpha value is 0.310. The molecule has 1 heterocycles. The van der Waals surface area contributed by atoms with Crippen molar-refractivity contribution in [3.63, 3.8) is 0 Å². The van der Waals surface area contributed by atoms with E-state index in [1.165, 1.54) is 43.7 Å².